The van der Waals surface area contributed by atoms with Crippen molar-refractivity contribution in [3.05, 3.63) is 57.1 Å². The van der Waals surface area contributed by atoms with Crippen LogP contribution in [0.5, 0.6) is 0 Å². The highest BCUT2D eigenvalue weighted by Crippen LogP contribution is 2.38. The van der Waals surface area contributed by atoms with E-state index in [0.29, 0.717) is 6.04 Å². The van der Waals surface area contributed by atoms with Gasteiger partial charge in [0.05, 0.1) is 10.5 Å². The average Bonchev–Trinajstić information content (AvgIpc) is 2.89. The molecule has 0 aliphatic carbocycles. The number of pyridine rings is 1. The zero-order valence-electron chi connectivity index (χ0n) is 10.4. The molecule has 1 unspecified atom stereocenters. The number of nitrogens with zero attached hydrogens (tertiary/aromatic N) is 2. The Morgan fingerprint density at radius 1 is 1.16 bits per heavy atom. The number of aromatic nitrogens is 1. The van der Waals surface area contributed by atoms with Crippen molar-refractivity contribution in [2.24, 2.45) is 0 Å². The molecule has 1 aliphatic heterocycles. The molecule has 2 heterocycles. The van der Waals surface area contributed by atoms with Gasteiger partial charge in [0.2, 0.25) is 0 Å². The minimum Gasteiger partial charge on any atom is -0.349 e. The first-order valence-corrected chi connectivity index (χ1v) is 7.97. The Labute approximate surface area is 130 Å². The van der Waals surface area contributed by atoms with Crippen molar-refractivity contribution in [3.63, 3.8) is 0 Å². The third kappa shape index (κ3) is 2.70. The molecule has 0 N–H and O–H groups in total. The van der Waals surface area contributed by atoms with Crippen LogP contribution in [0.4, 0.5) is 5.82 Å². The van der Waals surface area contributed by atoms with Crippen molar-refractivity contribution in [2.75, 3.05) is 11.4 Å². The van der Waals surface area contributed by atoms with Crippen molar-refractivity contribution >= 4 is 37.7 Å². The molecule has 98 valence electrons. The van der Waals surface area contributed by atoms with Gasteiger partial charge in [0.1, 0.15) is 5.82 Å². The predicted molar refractivity (Wildman–Crippen MR) is 85.4 cm³/mol. The van der Waals surface area contributed by atoms with E-state index in [1.807, 2.05) is 6.20 Å². The zero-order valence-corrected chi connectivity index (χ0v) is 13.6. The summed E-state index contributed by atoms with van der Waals surface area (Å²) in [5, 5.41) is 0. The number of hydrogen-bond donors (Lipinski definition) is 0. The quantitative estimate of drug-likeness (QED) is 0.731. The lowest BCUT2D eigenvalue weighted by Crippen LogP contribution is -2.23. The van der Waals surface area contributed by atoms with E-state index in [2.05, 4.69) is 78.1 Å². The highest BCUT2D eigenvalue weighted by atomic mass is 79.9. The van der Waals surface area contributed by atoms with Gasteiger partial charge in [-0.25, -0.2) is 4.98 Å². The van der Waals surface area contributed by atoms with Gasteiger partial charge in [0.15, 0.2) is 0 Å². The Kier molecular flexibility index (Phi) is 3.89. The van der Waals surface area contributed by atoms with Crippen LogP contribution in [0.25, 0.3) is 0 Å². The molecule has 0 radical (unpaired) electrons. The normalized spacial score (nSPS) is 18.8. The van der Waals surface area contributed by atoms with Crippen LogP contribution in [-0.2, 0) is 0 Å². The molecule has 1 aromatic heterocycles. The van der Waals surface area contributed by atoms with Gasteiger partial charge in [-0.15, -0.1) is 0 Å². The number of anilines is 1. The Bertz CT molecular complexity index is 572. The minimum atomic E-state index is 0.436. The molecular weight excluding hydrogens is 368 g/mol. The maximum Gasteiger partial charge on any atom is 0.143 e. The average molecular weight is 382 g/mol. The van der Waals surface area contributed by atoms with Crippen LogP contribution in [0.1, 0.15) is 24.4 Å². The van der Waals surface area contributed by atoms with Gasteiger partial charge in [-0.05, 0) is 56.3 Å². The van der Waals surface area contributed by atoms with Gasteiger partial charge in [-0.2, -0.15) is 0 Å². The van der Waals surface area contributed by atoms with Crippen LogP contribution in [0.3, 0.4) is 0 Å². The monoisotopic (exact) mass is 380 g/mol. The first-order chi connectivity index (χ1) is 9.25. The fraction of sp³-hybridized carbons (Fsp3) is 0.267. The molecule has 4 heteroatoms. The van der Waals surface area contributed by atoms with E-state index in [1.54, 1.807) is 0 Å². The van der Waals surface area contributed by atoms with E-state index < -0.39 is 0 Å². The summed E-state index contributed by atoms with van der Waals surface area (Å²) in [6.07, 6.45) is 4.26. The molecular formula is C15H14Br2N2. The van der Waals surface area contributed by atoms with Gasteiger partial charge in [-0.3, -0.25) is 0 Å². The second-order valence-corrected chi connectivity index (χ2v) is 6.49. The molecule has 0 bridgehead atoms. The number of hydrogen-bond acceptors (Lipinski definition) is 2. The number of halogens is 2. The van der Waals surface area contributed by atoms with E-state index in [-0.39, 0.29) is 0 Å². The van der Waals surface area contributed by atoms with Crippen LogP contribution < -0.4 is 4.90 Å². The van der Waals surface area contributed by atoms with E-state index >= 15 is 0 Å². The van der Waals surface area contributed by atoms with Crippen molar-refractivity contribution in [1.82, 2.24) is 4.98 Å². The Hall–Kier alpha value is -0.870. The second kappa shape index (κ2) is 5.63. The molecule has 1 saturated heterocycles. The van der Waals surface area contributed by atoms with Gasteiger partial charge in [0.25, 0.3) is 0 Å². The molecule has 0 saturated carbocycles. The standard InChI is InChI=1S/C15H14Br2N2/c16-12-9-13(17)15(18-10-12)19-8-4-7-14(19)11-5-2-1-3-6-11/h1-3,5-6,9-10,14H,4,7-8H2. The van der Waals surface area contributed by atoms with Crippen LogP contribution in [-0.4, -0.2) is 11.5 Å². The van der Waals surface area contributed by atoms with Crippen LogP contribution in [0.2, 0.25) is 0 Å². The molecule has 1 aliphatic rings. The minimum absolute atomic E-state index is 0.436. The first-order valence-electron chi connectivity index (χ1n) is 6.38. The van der Waals surface area contributed by atoms with Crippen LogP contribution >= 0.6 is 31.9 Å². The van der Waals surface area contributed by atoms with Gasteiger partial charge >= 0.3 is 0 Å². The maximum absolute atomic E-state index is 4.57. The predicted octanol–water partition coefficient (Wildman–Crippen LogP) is 4.95. The summed E-state index contributed by atoms with van der Waals surface area (Å²) >= 11 is 7.08. The van der Waals surface area contributed by atoms with Crippen molar-refractivity contribution < 1.29 is 0 Å². The largest absolute Gasteiger partial charge is 0.349 e. The van der Waals surface area contributed by atoms with Gasteiger partial charge < -0.3 is 4.90 Å². The molecule has 0 spiro atoms. The maximum atomic E-state index is 4.57. The molecule has 1 atom stereocenters. The summed E-state index contributed by atoms with van der Waals surface area (Å²) in [7, 11) is 0. The third-order valence-electron chi connectivity index (χ3n) is 3.50. The summed E-state index contributed by atoms with van der Waals surface area (Å²) in [5.41, 5.74) is 1.37. The third-order valence-corrected chi connectivity index (χ3v) is 4.51. The molecule has 1 aromatic carbocycles. The SMILES string of the molecule is Brc1cnc(N2CCCC2c2ccccc2)c(Br)c1. The van der Waals surface area contributed by atoms with Crippen molar-refractivity contribution in [3.8, 4) is 0 Å². The summed E-state index contributed by atoms with van der Waals surface area (Å²) < 4.78 is 2.04. The molecule has 1 fully saturated rings. The second-order valence-electron chi connectivity index (χ2n) is 4.72. The Morgan fingerprint density at radius 2 is 1.95 bits per heavy atom. The summed E-state index contributed by atoms with van der Waals surface area (Å²) in [5.74, 6) is 1.04. The highest BCUT2D eigenvalue weighted by molar-refractivity contribution is 9.11. The van der Waals surface area contributed by atoms with Gasteiger partial charge in [0, 0.05) is 17.2 Å². The van der Waals surface area contributed by atoms with Gasteiger partial charge in [-0.1, -0.05) is 30.3 Å². The Balaban J connectivity index is 1.95. The lowest BCUT2D eigenvalue weighted by molar-refractivity contribution is 0.710. The summed E-state index contributed by atoms with van der Waals surface area (Å²) in [4.78, 5) is 6.96. The zero-order chi connectivity index (χ0) is 13.2. The summed E-state index contributed by atoms with van der Waals surface area (Å²) in [6, 6.07) is 13.2. The van der Waals surface area contributed by atoms with Crippen molar-refractivity contribution in [1.29, 1.82) is 0 Å². The molecule has 2 nitrogen and oxygen atoms in total. The van der Waals surface area contributed by atoms with Crippen LogP contribution in [0.15, 0.2) is 51.5 Å². The summed E-state index contributed by atoms with van der Waals surface area (Å²) in [6.45, 7) is 1.06. The first kappa shape index (κ1) is 13.1. The fourth-order valence-electron chi connectivity index (χ4n) is 2.66. The van der Waals surface area contributed by atoms with E-state index in [1.165, 1.54) is 18.4 Å². The number of benzene rings is 1. The molecule has 2 aromatic rings. The van der Waals surface area contributed by atoms with Crippen LogP contribution in [0, 0.1) is 0 Å². The van der Waals surface area contributed by atoms with E-state index in [4.69, 9.17) is 0 Å². The molecule has 0 amide bonds. The fourth-order valence-corrected chi connectivity index (χ4v) is 3.88. The van der Waals surface area contributed by atoms with E-state index in [0.717, 1.165) is 21.3 Å². The molecule has 19 heavy (non-hydrogen) atoms. The van der Waals surface area contributed by atoms with Crippen molar-refractivity contribution in [2.45, 2.75) is 18.9 Å². The van der Waals surface area contributed by atoms with E-state index in [9.17, 15) is 0 Å². The number of rotatable bonds is 2. The lowest BCUT2D eigenvalue weighted by Gasteiger charge is -2.27. The highest BCUT2D eigenvalue weighted by Gasteiger charge is 2.28. The Morgan fingerprint density at radius 3 is 2.68 bits per heavy atom. The molecule has 3 rings (SSSR count). The lowest BCUT2D eigenvalue weighted by atomic mass is 10.0. The smallest absolute Gasteiger partial charge is 0.143 e. The topological polar surface area (TPSA) is 16.1 Å².